The van der Waals surface area contributed by atoms with E-state index in [1.54, 1.807) is 32.9 Å². The van der Waals surface area contributed by atoms with Gasteiger partial charge in [-0.15, -0.1) is 0 Å². The van der Waals surface area contributed by atoms with Crippen molar-refractivity contribution in [1.82, 2.24) is 10.2 Å². The lowest BCUT2D eigenvalue weighted by atomic mass is 9.99. The first-order chi connectivity index (χ1) is 11.9. The summed E-state index contributed by atoms with van der Waals surface area (Å²) in [5, 5.41) is 21.8. The number of carboxylic acids is 1. The fourth-order valence-electron chi connectivity index (χ4n) is 2.64. The van der Waals surface area contributed by atoms with Gasteiger partial charge in [0.15, 0.2) is 5.54 Å². The normalized spacial score (nSPS) is 19.9. The van der Waals surface area contributed by atoms with Crippen LogP contribution < -0.4 is 5.32 Å². The number of alkyl carbamates (subject to hydrolysis) is 1. The maximum Gasteiger partial charge on any atom is 0.408 e. The molecule has 1 fully saturated rings. The number of amides is 2. The van der Waals surface area contributed by atoms with Gasteiger partial charge in [0.25, 0.3) is 5.91 Å². The van der Waals surface area contributed by atoms with Gasteiger partial charge >= 0.3 is 12.1 Å². The monoisotopic (exact) mass is 476 g/mol. The summed E-state index contributed by atoms with van der Waals surface area (Å²) in [6, 6.07) is 4.50. The molecule has 2 rings (SSSR count). The number of aromatic hydroxyl groups is 1. The highest BCUT2D eigenvalue weighted by Gasteiger charge is 2.48. The van der Waals surface area contributed by atoms with Gasteiger partial charge in [0.1, 0.15) is 11.4 Å². The Morgan fingerprint density at radius 3 is 2.50 bits per heavy atom. The molecule has 9 heteroatoms. The van der Waals surface area contributed by atoms with Gasteiger partial charge in [0.05, 0.1) is 10.1 Å². The number of benzene rings is 1. The standard InChI is InChI=1S/C17H21IN2O6/c1-16(2,3)26-15(25)19-17(14(23)24)6-7-20(9-17)13(22)10-4-5-11(18)12(21)8-10/h4-5,8,21H,6-7,9H2,1-3H3,(H,19,25)(H,23,24). The number of carbonyl (C=O) groups is 3. The maximum atomic E-state index is 12.6. The summed E-state index contributed by atoms with van der Waals surface area (Å²) in [4.78, 5) is 37.7. The molecule has 1 aliphatic heterocycles. The predicted octanol–water partition coefficient (Wildman–Crippen LogP) is 2.19. The Labute approximate surface area is 164 Å². The Kier molecular flexibility index (Phi) is 5.69. The minimum Gasteiger partial charge on any atom is -0.507 e. The van der Waals surface area contributed by atoms with E-state index < -0.39 is 29.1 Å². The van der Waals surface area contributed by atoms with E-state index in [0.29, 0.717) is 3.57 Å². The lowest BCUT2D eigenvalue weighted by molar-refractivity contribution is -0.144. The number of aliphatic carboxylic acids is 1. The van der Waals surface area contributed by atoms with Crippen LogP contribution in [0.2, 0.25) is 0 Å². The van der Waals surface area contributed by atoms with Crippen LogP contribution in [0.5, 0.6) is 5.75 Å². The Morgan fingerprint density at radius 1 is 1.31 bits per heavy atom. The average molecular weight is 476 g/mol. The van der Waals surface area contributed by atoms with Crippen molar-refractivity contribution >= 4 is 40.6 Å². The summed E-state index contributed by atoms with van der Waals surface area (Å²) >= 11 is 1.94. The van der Waals surface area contributed by atoms with Gasteiger partial charge in [0.2, 0.25) is 0 Å². The van der Waals surface area contributed by atoms with Crippen molar-refractivity contribution < 1.29 is 29.3 Å². The summed E-state index contributed by atoms with van der Waals surface area (Å²) in [5.74, 6) is -1.66. The number of nitrogens with one attached hydrogen (secondary N) is 1. The molecule has 3 N–H and O–H groups in total. The van der Waals surface area contributed by atoms with E-state index in [9.17, 15) is 24.6 Å². The second-order valence-electron chi connectivity index (χ2n) is 7.16. The molecule has 142 valence electrons. The van der Waals surface area contributed by atoms with Crippen LogP contribution in [-0.4, -0.2) is 57.3 Å². The molecule has 1 saturated heterocycles. The molecule has 1 atom stereocenters. The van der Waals surface area contributed by atoms with Gasteiger partial charge in [-0.25, -0.2) is 9.59 Å². The van der Waals surface area contributed by atoms with E-state index >= 15 is 0 Å². The number of phenolic OH excluding ortho intramolecular Hbond substituents is 1. The second-order valence-corrected chi connectivity index (χ2v) is 8.32. The third kappa shape index (κ3) is 4.57. The fraction of sp³-hybridized carbons (Fsp3) is 0.471. The highest BCUT2D eigenvalue weighted by atomic mass is 127. The van der Waals surface area contributed by atoms with Crippen LogP contribution in [0.1, 0.15) is 37.6 Å². The van der Waals surface area contributed by atoms with E-state index in [2.05, 4.69) is 5.32 Å². The molecule has 26 heavy (non-hydrogen) atoms. The summed E-state index contributed by atoms with van der Waals surface area (Å²) in [5.41, 5.74) is -2.12. The van der Waals surface area contributed by atoms with Crippen LogP contribution in [0.3, 0.4) is 0 Å². The number of hydrogen-bond acceptors (Lipinski definition) is 5. The summed E-state index contributed by atoms with van der Waals surface area (Å²) in [7, 11) is 0. The van der Waals surface area contributed by atoms with Crippen molar-refractivity contribution in [2.24, 2.45) is 0 Å². The van der Waals surface area contributed by atoms with E-state index in [1.165, 1.54) is 11.0 Å². The van der Waals surface area contributed by atoms with Crippen molar-refractivity contribution in [3.8, 4) is 5.75 Å². The third-order valence-electron chi connectivity index (χ3n) is 3.90. The predicted molar refractivity (Wildman–Crippen MR) is 101 cm³/mol. The highest BCUT2D eigenvalue weighted by molar-refractivity contribution is 14.1. The minimum atomic E-state index is -1.61. The van der Waals surface area contributed by atoms with Gasteiger partial charge in [-0.05, 0) is 61.6 Å². The zero-order valence-corrected chi connectivity index (χ0v) is 16.9. The number of carbonyl (C=O) groups excluding carboxylic acids is 2. The maximum absolute atomic E-state index is 12.6. The number of phenols is 1. The third-order valence-corrected chi connectivity index (χ3v) is 4.81. The lowest BCUT2D eigenvalue weighted by Gasteiger charge is -2.28. The summed E-state index contributed by atoms with van der Waals surface area (Å²) in [6.45, 7) is 5.00. The molecule has 1 unspecified atom stereocenters. The van der Waals surface area contributed by atoms with Crippen molar-refractivity contribution in [3.63, 3.8) is 0 Å². The van der Waals surface area contributed by atoms with Crippen molar-refractivity contribution in [1.29, 1.82) is 0 Å². The van der Waals surface area contributed by atoms with Crippen LogP contribution in [0.25, 0.3) is 0 Å². The fourth-order valence-corrected chi connectivity index (χ4v) is 2.98. The molecule has 0 aliphatic carbocycles. The highest BCUT2D eigenvalue weighted by Crippen LogP contribution is 2.26. The van der Waals surface area contributed by atoms with Gasteiger partial charge in [-0.3, -0.25) is 4.79 Å². The van der Waals surface area contributed by atoms with Crippen LogP contribution in [0, 0.1) is 3.57 Å². The first kappa shape index (κ1) is 20.3. The van der Waals surface area contributed by atoms with Gasteiger partial charge in [-0.2, -0.15) is 0 Å². The quantitative estimate of drug-likeness (QED) is 0.577. The molecular weight excluding hydrogens is 455 g/mol. The molecular formula is C17H21IN2O6. The largest absolute Gasteiger partial charge is 0.507 e. The summed E-state index contributed by atoms with van der Waals surface area (Å²) in [6.07, 6.45) is -0.787. The Morgan fingerprint density at radius 2 is 1.96 bits per heavy atom. The Bertz CT molecular complexity index is 745. The van der Waals surface area contributed by atoms with Crippen LogP contribution >= 0.6 is 22.6 Å². The lowest BCUT2D eigenvalue weighted by Crippen LogP contribution is -2.57. The number of carboxylic acid groups (broad SMARTS) is 1. The number of rotatable bonds is 3. The van der Waals surface area contributed by atoms with E-state index in [4.69, 9.17) is 4.74 Å². The van der Waals surface area contributed by atoms with Crippen LogP contribution in [-0.2, 0) is 9.53 Å². The Balaban J connectivity index is 2.15. The van der Waals surface area contributed by atoms with E-state index in [-0.39, 0.29) is 30.8 Å². The molecule has 1 aliphatic rings. The zero-order chi connectivity index (χ0) is 19.7. The number of likely N-dealkylation sites (tertiary alicyclic amines) is 1. The minimum absolute atomic E-state index is 0.0213. The van der Waals surface area contributed by atoms with Gasteiger partial charge in [0, 0.05) is 18.5 Å². The molecule has 0 bridgehead atoms. The number of hydrogen-bond donors (Lipinski definition) is 3. The molecule has 1 aromatic rings. The Hall–Kier alpha value is -2.04. The van der Waals surface area contributed by atoms with Crippen molar-refractivity contribution in [3.05, 3.63) is 27.3 Å². The molecule has 1 heterocycles. The average Bonchev–Trinajstić information content (AvgIpc) is 2.92. The van der Waals surface area contributed by atoms with Crippen LogP contribution in [0.4, 0.5) is 4.79 Å². The van der Waals surface area contributed by atoms with Crippen molar-refractivity contribution in [2.45, 2.75) is 38.3 Å². The molecule has 0 saturated carbocycles. The second kappa shape index (κ2) is 7.29. The van der Waals surface area contributed by atoms with Crippen LogP contribution in [0.15, 0.2) is 18.2 Å². The van der Waals surface area contributed by atoms with E-state index in [0.717, 1.165) is 0 Å². The first-order valence-electron chi connectivity index (χ1n) is 7.96. The molecule has 0 aromatic heterocycles. The molecule has 2 amide bonds. The molecule has 0 spiro atoms. The first-order valence-corrected chi connectivity index (χ1v) is 9.04. The molecule has 1 aromatic carbocycles. The van der Waals surface area contributed by atoms with E-state index in [1.807, 2.05) is 22.6 Å². The van der Waals surface area contributed by atoms with Crippen molar-refractivity contribution in [2.75, 3.05) is 13.1 Å². The SMILES string of the molecule is CC(C)(C)OC(=O)NC1(C(=O)O)CCN(C(=O)c2ccc(I)c(O)c2)C1. The molecule has 0 radical (unpaired) electrons. The van der Waals surface area contributed by atoms with Gasteiger partial charge < -0.3 is 25.2 Å². The smallest absolute Gasteiger partial charge is 0.408 e. The van der Waals surface area contributed by atoms with Gasteiger partial charge in [-0.1, -0.05) is 0 Å². The zero-order valence-electron chi connectivity index (χ0n) is 14.7. The summed E-state index contributed by atoms with van der Waals surface area (Å²) < 4.78 is 5.74. The number of ether oxygens (including phenoxy) is 1. The number of nitrogens with zero attached hydrogens (tertiary/aromatic N) is 1. The molecule has 8 nitrogen and oxygen atoms in total. The topological polar surface area (TPSA) is 116 Å². The number of halogens is 1.